The van der Waals surface area contributed by atoms with Crippen LogP contribution in [0.15, 0.2) is 12.4 Å². The number of aryl methyl sites for hydroxylation is 2. The zero-order valence-corrected chi connectivity index (χ0v) is 14.0. The van der Waals surface area contributed by atoms with Crippen LogP contribution in [-0.2, 0) is 19.0 Å². The molecule has 0 fully saturated rings. The van der Waals surface area contributed by atoms with Crippen molar-refractivity contribution >= 4 is 11.3 Å². The number of hydrogen-bond donors (Lipinski definition) is 1. The summed E-state index contributed by atoms with van der Waals surface area (Å²) in [6.07, 6.45) is 3.80. The molecule has 0 aromatic carbocycles. The normalized spacial score (nSPS) is 13.7. The summed E-state index contributed by atoms with van der Waals surface area (Å²) < 4.78 is 2.04. The minimum absolute atomic E-state index is 0.118. The molecule has 1 N–H and O–H groups in total. The zero-order valence-electron chi connectivity index (χ0n) is 13.2. The maximum Gasteiger partial charge on any atom is 0.122 e. The second kappa shape index (κ2) is 5.66. The highest BCUT2D eigenvalue weighted by Gasteiger charge is 2.22. The van der Waals surface area contributed by atoms with E-state index in [2.05, 4.69) is 44.9 Å². The molecule has 0 aliphatic carbocycles. The Morgan fingerprint density at radius 3 is 2.60 bits per heavy atom. The van der Waals surface area contributed by atoms with Gasteiger partial charge in [-0.15, -0.1) is 11.3 Å². The molecule has 2 heterocycles. The molecule has 20 heavy (non-hydrogen) atoms. The predicted molar refractivity (Wildman–Crippen MR) is 84.0 cm³/mol. The highest BCUT2D eigenvalue weighted by molar-refractivity contribution is 7.12. The van der Waals surface area contributed by atoms with Crippen LogP contribution < -0.4 is 5.32 Å². The summed E-state index contributed by atoms with van der Waals surface area (Å²) in [5, 5.41) is 4.74. The van der Waals surface area contributed by atoms with Crippen molar-refractivity contribution in [2.75, 3.05) is 0 Å². The van der Waals surface area contributed by atoms with Gasteiger partial charge >= 0.3 is 0 Å². The van der Waals surface area contributed by atoms with Gasteiger partial charge < -0.3 is 9.88 Å². The van der Waals surface area contributed by atoms with Gasteiger partial charge in [0.15, 0.2) is 0 Å². The van der Waals surface area contributed by atoms with Gasteiger partial charge in [0.25, 0.3) is 0 Å². The first-order valence-electron chi connectivity index (χ1n) is 6.96. The number of imidazole rings is 1. The van der Waals surface area contributed by atoms with E-state index in [1.54, 1.807) is 0 Å². The van der Waals surface area contributed by atoms with Crippen molar-refractivity contribution in [2.45, 2.75) is 52.6 Å². The second-order valence-corrected chi connectivity index (χ2v) is 7.31. The highest BCUT2D eigenvalue weighted by Crippen LogP contribution is 2.32. The summed E-state index contributed by atoms with van der Waals surface area (Å²) in [6, 6.07) is 0.292. The summed E-state index contributed by atoms with van der Waals surface area (Å²) >= 11 is 1.82. The molecule has 0 spiro atoms. The fourth-order valence-electron chi connectivity index (χ4n) is 2.03. The summed E-state index contributed by atoms with van der Waals surface area (Å²) in [5.74, 6) is 1.05. The molecule has 4 nitrogen and oxygen atoms in total. The van der Waals surface area contributed by atoms with Crippen LogP contribution in [0.1, 0.15) is 55.1 Å². The Morgan fingerprint density at radius 1 is 1.40 bits per heavy atom. The molecule has 2 aromatic rings. The van der Waals surface area contributed by atoms with E-state index in [1.807, 2.05) is 35.3 Å². The third-order valence-corrected chi connectivity index (χ3v) is 5.12. The largest absolute Gasteiger partial charge is 0.337 e. The lowest BCUT2D eigenvalue weighted by Gasteiger charge is -2.14. The lowest BCUT2D eigenvalue weighted by molar-refractivity contribution is 0.553. The predicted octanol–water partition coefficient (Wildman–Crippen LogP) is 3.33. The molecule has 0 bridgehead atoms. The van der Waals surface area contributed by atoms with E-state index < -0.39 is 0 Å². The molecular formula is C15H24N4S. The van der Waals surface area contributed by atoms with Crippen LogP contribution in [0.3, 0.4) is 0 Å². The van der Waals surface area contributed by atoms with E-state index in [0.29, 0.717) is 6.04 Å². The van der Waals surface area contributed by atoms with Crippen LogP contribution in [0, 0.1) is 6.92 Å². The number of thiazole rings is 1. The minimum Gasteiger partial charge on any atom is -0.337 e. The van der Waals surface area contributed by atoms with Crippen molar-refractivity contribution in [1.82, 2.24) is 19.9 Å². The van der Waals surface area contributed by atoms with E-state index >= 15 is 0 Å². The van der Waals surface area contributed by atoms with Crippen molar-refractivity contribution in [3.63, 3.8) is 0 Å². The maximum atomic E-state index is 4.72. The van der Waals surface area contributed by atoms with Crippen LogP contribution in [0.25, 0.3) is 0 Å². The molecule has 0 radical (unpaired) electrons. The third kappa shape index (κ3) is 3.27. The van der Waals surface area contributed by atoms with Crippen molar-refractivity contribution in [3.05, 3.63) is 33.8 Å². The Morgan fingerprint density at radius 2 is 2.10 bits per heavy atom. The van der Waals surface area contributed by atoms with Gasteiger partial charge in [0.2, 0.25) is 0 Å². The molecule has 2 aromatic heterocycles. The van der Waals surface area contributed by atoms with Crippen molar-refractivity contribution < 1.29 is 0 Å². The molecular weight excluding hydrogens is 268 g/mol. The lowest BCUT2D eigenvalue weighted by Crippen LogP contribution is -2.20. The maximum absolute atomic E-state index is 4.72. The quantitative estimate of drug-likeness (QED) is 0.940. The zero-order chi connectivity index (χ0) is 14.9. The van der Waals surface area contributed by atoms with Crippen LogP contribution in [0.5, 0.6) is 0 Å². The Labute approximate surface area is 125 Å². The lowest BCUT2D eigenvalue weighted by atomic mass is 9.98. The van der Waals surface area contributed by atoms with E-state index in [1.165, 1.54) is 9.88 Å². The topological polar surface area (TPSA) is 42.7 Å². The van der Waals surface area contributed by atoms with Crippen LogP contribution in [0.2, 0.25) is 0 Å². The first-order valence-corrected chi connectivity index (χ1v) is 7.78. The first kappa shape index (κ1) is 15.2. The van der Waals surface area contributed by atoms with E-state index in [0.717, 1.165) is 18.1 Å². The monoisotopic (exact) mass is 292 g/mol. The molecule has 0 aliphatic heterocycles. The fraction of sp³-hybridized carbons (Fsp3) is 0.600. The van der Waals surface area contributed by atoms with Gasteiger partial charge in [-0.1, -0.05) is 20.8 Å². The molecule has 5 heteroatoms. The fourth-order valence-corrected chi connectivity index (χ4v) is 3.19. The molecule has 2 rings (SSSR count). The van der Waals surface area contributed by atoms with Crippen molar-refractivity contribution in [3.8, 4) is 0 Å². The average molecular weight is 292 g/mol. The highest BCUT2D eigenvalue weighted by atomic mass is 32.1. The summed E-state index contributed by atoms with van der Waals surface area (Å²) in [4.78, 5) is 10.4. The Hall–Kier alpha value is -1.20. The van der Waals surface area contributed by atoms with Crippen molar-refractivity contribution in [2.24, 2.45) is 7.05 Å². The molecule has 0 amide bonds. The summed E-state index contributed by atoms with van der Waals surface area (Å²) in [7, 11) is 2.02. The van der Waals surface area contributed by atoms with Gasteiger partial charge in [0.05, 0.1) is 17.2 Å². The number of nitrogens with one attached hydrogen (secondary N) is 1. The van der Waals surface area contributed by atoms with Gasteiger partial charge in [-0.2, -0.15) is 0 Å². The number of rotatable bonds is 4. The summed E-state index contributed by atoms with van der Waals surface area (Å²) in [6.45, 7) is 11.7. The molecule has 110 valence electrons. The molecule has 0 saturated heterocycles. The average Bonchev–Trinajstić information content (AvgIpc) is 2.92. The number of aromatic nitrogens is 3. The smallest absolute Gasteiger partial charge is 0.122 e. The second-order valence-electron chi connectivity index (χ2n) is 6.28. The van der Waals surface area contributed by atoms with E-state index in [9.17, 15) is 0 Å². The number of hydrogen-bond acceptors (Lipinski definition) is 4. The van der Waals surface area contributed by atoms with Gasteiger partial charge in [-0.05, 0) is 13.8 Å². The Bertz CT molecular complexity index is 577. The number of nitrogens with zero attached hydrogens (tertiary/aromatic N) is 3. The van der Waals surface area contributed by atoms with E-state index in [-0.39, 0.29) is 5.41 Å². The van der Waals surface area contributed by atoms with Gasteiger partial charge in [0.1, 0.15) is 5.82 Å². The molecule has 0 aliphatic rings. The molecule has 0 saturated carbocycles. The third-order valence-electron chi connectivity index (χ3n) is 3.35. The van der Waals surface area contributed by atoms with Crippen LogP contribution in [-0.4, -0.2) is 14.5 Å². The standard InChI is InChI=1S/C15H24N4S/c1-10(17-9-12-16-7-8-19(12)6)13-11(2)18-14(20-13)15(3,4)5/h7-8,10,17H,9H2,1-6H3. The first-order chi connectivity index (χ1) is 9.29. The SMILES string of the molecule is Cc1nc(C(C)(C)C)sc1C(C)NCc1nccn1C. The van der Waals surface area contributed by atoms with Crippen LogP contribution in [0.4, 0.5) is 0 Å². The molecule has 1 unspecified atom stereocenters. The molecule has 1 atom stereocenters. The van der Waals surface area contributed by atoms with Gasteiger partial charge in [-0.25, -0.2) is 9.97 Å². The van der Waals surface area contributed by atoms with Gasteiger partial charge in [-0.3, -0.25) is 0 Å². The van der Waals surface area contributed by atoms with Gasteiger partial charge in [0, 0.05) is 35.8 Å². The van der Waals surface area contributed by atoms with Crippen LogP contribution >= 0.6 is 11.3 Å². The Kier molecular flexibility index (Phi) is 4.30. The minimum atomic E-state index is 0.118. The van der Waals surface area contributed by atoms with Crippen molar-refractivity contribution in [1.29, 1.82) is 0 Å². The van der Waals surface area contributed by atoms with E-state index in [4.69, 9.17) is 4.98 Å². The summed E-state index contributed by atoms with van der Waals surface area (Å²) in [5.41, 5.74) is 1.26. The Balaban J connectivity index is 2.08.